The van der Waals surface area contributed by atoms with Crippen LogP contribution in [-0.4, -0.2) is 34.3 Å². The van der Waals surface area contributed by atoms with E-state index in [1.807, 2.05) is 61.9 Å². The van der Waals surface area contributed by atoms with Crippen molar-refractivity contribution in [2.75, 3.05) is 18.6 Å². The number of halogens is 2. The summed E-state index contributed by atoms with van der Waals surface area (Å²) in [5.41, 5.74) is 7.48. The molecule has 1 N–H and O–H groups in total. The number of aromatic nitrogens is 2. The zero-order chi connectivity index (χ0) is 25.3. The first-order valence-electron chi connectivity index (χ1n) is 11.1. The number of nitrogens with one attached hydrogen (secondary N) is 1. The molecule has 0 spiro atoms. The fourth-order valence-corrected chi connectivity index (χ4v) is 4.74. The van der Waals surface area contributed by atoms with E-state index in [1.165, 1.54) is 0 Å². The van der Waals surface area contributed by atoms with Gasteiger partial charge in [-0.25, -0.2) is 4.79 Å². The van der Waals surface area contributed by atoms with Gasteiger partial charge in [-0.2, -0.15) is 0 Å². The van der Waals surface area contributed by atoms with E-state index >= 15 is 0 Å². The summed E-state index contributed by atoms with van der Waals surface area (Å²) in [4.78, 5) is 25.4. The number of ether oxygens (including phenoxy) is 2. The highest BCUT2D eigenvalue weighted by Crippen LogP contribution is 2.37. The number of aryl methyl sites for hydroxylation is 2. The van der Waals surface area contributed by atoms with Gasteiger partial charge < -0.3 is 14.0 Å². The van der Waals surface area contributed by atoms with Gasteiger partial charge in [-0.05, 0) is 85.6 Å². The van der Waals surface area contributed by atoms with Crippen molar-refractivity contribution in [1.82, 2.24) is 9.24 Å². The number of benzene rings is 2. The molecule has 7 nitrogen and oxygen atoms in total. The summed E-state index contributed by atoms with van der Waals surface area (Å²) < 4.78 is 15.4. The van der Waals surface area contributed by atoms with Crippen LogP contribution in [0.2, 0.25) is 5.02 Å². The van der Waals surface area contributed by atoms with Crippen LogP contribution in [0.5, 0.6) is 5.75 Å². The van der Waals surface area contributed by atoms with Gasteiger partial charge >= 0.3 is 5.97 Å². The molecule has 2 heterocycles. The van der Waals surface area contributed by atoms with Gasteiger partial charge in [0.05, 0.1) is 22.2 Å². The van der Waals surface area contributed by atoms with Crippen molar-refractivity contribution in [2.45, 2.75) is 27.7 Å². The summed E-state index contributed by atoms with van der Waals surface area (Å²) in [5, 5.41) is 1.23. The topological polar surface area (TPSA) is 74.5 Å². The fourth-order valence-electron chi connectivity index (χ4n) is 4.11. The molecule has 0 aliphatic rings. The highest BCUT2D eigenvalue weighted by Gasteiger charge is 2.24. The molecule has 0 fully saturated rings. The van der Waals surface area contributed by atoms with Crippen molar-refractivity contribution in [2.24, 2.45) is 0 Å². The molecule has 9 heteroatoms. The molecular formula is C26H25BrClN3O4. The first-order valence-corrected chi connectivity index (χ1v) is 12.2. The number of rotatable bonds is 7. The lowest BCUT2D eigenvalue weighted by Crippen LogP contribution is -2.28. The fraction of sp³-hybridized carbons (Fsp3) is 0.231. The third-order valence-electron chi connectivity index (χ3n) is 5.56. The van der Waals surface area contributed by atoms with Crippen LogP contribution in [0, 0.1) is 20.8 Å². The SMILES string of the molecule is CCOC(=O)c1c(C)n(-c2cccc(Cl)c2)c2cc(Br)c(OCC(=O)Nn3cc(C)cc3C)cc12. The number of carbonyl (C=O) groups excluding carboxylic acids is 2. The second-order valence-corrected chi connectivity index (χ2v) is 9.44. The van der Waals surface area contributed by atoms with Gasteiger partial charge in [0.1, 0.15) is 5.75 Å². The Kier molecular flexibility index (Phi) is 7.23. The predicted molar refractivity (Wildman–Crippen MR) is 140 cm³/mol. The summed E-state index contributed by atoms with van der Waals surface area (Å²) in [6.45, 7) is 7.53. The molecule has 182 valence electrons. The highest BCUT2D eigenvalue weighted by molar-refractivity contribution is 9.10. The largest absolute Gasteiger partial charge is 0.482 e. The van der Waals surface area contributed by atoms with Crippen LogP contribution >= 0.6 is 27.5 Å². The van der Waals surface area contributed by atoms with Crippen molar-refractivity contribution in [3.8, 4) is 11.4 Å². The lowest BCUT2D eigenvalue weighted by Gasteiger charge is -2.12. The lowest BCUT2D eigenvalue weighted by molar-refractivity contribution is -0.119. The molecule has 0 saturated carbocycles. The minimum Gasteiger partial charge on any atom is -0.482 e. The smallest absolute Gasteiger partial charge is 0.340 e. The summed E-state index contributed by atoms with van der Waals surface area (Å²) >= 11 is 9.79. The van der Waals surface area contributed by atoms with Crippen molar-refractivity contribution in [1.29, 1.82) is 0 Å². The average Bonchev–Trinajstić information content (AvgIpc) is 3.25. The summed E-state index contributed by atoms with van der Waals surface area (Å²) in [7, 11) is 0. The quantitative estimate of drug-likeness (QED) is 0.278. The van der Waals surface area contributed by atoms with Crippen molar-refractivity contribution in [3.05, 3.63) is 80.7 Å². The molecule has 0 aliphatic heterocycles. The highest BCUT2D eigenvalue weighted by atomic mass is 79.9. The normalized spacial score (nSPS) is 11.0. The summed E-state index contributed by atoms with van der Waals surface area (Å²) in [6.07, 6.45) is 1.84. The molecule has 1 amide bonds. The number of fused-ring (bicyclic) bond motifs is 1. The van der Waals surface area contributed by atoms with E-state index in [0.717, 1.165) is 22.5 Å². The van der Waals surface area contributed by atoms with Crippen LogP contribution in [0.15, 0.2) is 53.1 Å². The minimum absolute atomic E-state index is 0.205. The first-order chi connectivity index (χ1) is 16.7. The molecule has 0 atom stereocenters. The van der Waals surface area contributed by atoms with E-state index in [1.54, 1.807) is 23.7 Å². The molecule has 0 bridgehead atoms. The standard InChI is InChI=1S/C26H25BrClN3O4/c1-5-34-26(33)25-17(4)31(19-8-6-7-18(28)10-19)22-12-21(27)23(11-20(22)25)35-14-24(32)29-30-13-15(2)9-16(30)3/h6-13H,5,14H2,1-4H3,(H,29,32). The van der Waals surface area contributed by atoms with Crippen LogP contribution < -0.4 is 10.2 Å². The van der Waals surface area contributed by atoms with Crippen LogP contribution in [0.1, 0.15) is 34.2 Å². The second-order valence-electron chi connectivity index (χ2n) is 8.15. The number of amides is 1. The second kappa shape index (κ2) is 10.2. The zero-order valence-corrected chi connectivity index (χ0v) is 22.2. The third kappa shape index (κ3) is 5.09. The molecule has 2 aromatic heterocycles. The number of esters is 1. The Bertz CT molecular complexity index is 1440. The van der Waals surface area contributed by atoms with Crippen LogP contribution in [0.3, 0.4) is 0 Å². The lowest BCUT2D eigenvalue weighted by atomic mass is 10.1. The third-order valence-corrected chi connectivity index (χ3v) is 6.41. The van der Waals surface area contributed by atoms with Crippen molar-refractivity contribution in [3.63, 3.8) is 0 Å². The van der Waals surface area contributed by atoms with E-state index < -0.39 is 5.97 Å². The van der Waals surface area contributed by atoms with Crippen molar-refractivity contribution < 1.29 is 19.1 Å². The van der Waals surface area contributed by atoms with E-state index in [4.69, 9.17) is 21.1 Å². The number of nitrogens with zero attached hydrogens (tertiary/aromatic N) is 2. The molecule has 4 rings (SSSR count). The summed E-state index contributed by atoms with van der Waals surface area (Å²) in [5.74, 6) is -0.309. The van der Waals surface area contributed by atoms with Gasteiger partial charge in [-0.15, -0.1) is 0 Å². The maximum Gasteiger partial charge on any atom is 0.340 e. The van der Waals surface area contributed by atoms with Gasteiger partial charge in [0.15, 0.2) is 6.61 Å². The summed E-state index contributed by atoms with van der Waals surface area (Å²) in [6, 6.07) is 13.0. The molecule has 0 radical (unpaired) electrons. The molecule has 0 saturated heterocycles. The average molecular weight is 559 g/mol. The molecule has 35 heavy (non-hydrogen) atoms. The number of hydrogen-bond donors (Lipinski definition) is 1. The predicted octanol–water partition coefficient (Wildman–Crippen LogP) is 6.10. The number of carbonyl (C=O) groups is 2. The Hall–Kier alpha value is -3.23. The van der Waals surface area contributed by atoms with Gasteiger partial charge in [0, 0.05) is 33.7 Å². The van der Waals surface area contributed by atoms with Crippen molar-refractivity contribution >= 4 is 50.3 Å². The van der Waals surface area contributed by atoms with Crippen LogP contribution in [-0.2, 0) is 9.53 Å². The maximum absolute atomic E-state index is 12.9. The molecule has 0 unspecified atom stereocenters. The molecule has 4 aromatic rings. The van der Waals surface area contributed by atoms with Crippen LogP contribution in [0.4, 0.5) is 0 Å². The Morgan fingerprint density at radius 2 is 1.89 bits per heavy atom. The monoisotopic (exact) mass is 557 g/mol. The van der Waals surface area contributed by atoms with Crippen LogP contribution in [0.25, 0.3) is 16.6 Å². The Morgan fingerprint density at radius 3 is 2.54 bits per heavy atom. The number of hydrogen-bond acceptors (Lipinski definition) is 4. The molecule has 0 aliphatic carbocycles. The van der Waals surface area contributed by atoms with E-state index in [0.29, 0.717) is 31.9 Å². The maximum atomic E-state index is 12.9. The first kappa shape index (κ1) is 24.9. The Labute approximate surface area is 216 Å². The van der Waals surface area contributed by atoms with Gasteiger partial charge in [0.2, 0.25) is 0 Å². The molecular weight excluding hydrogens is 534 g/mol. The van der Waals surface area contributed by atoms with Gasteiger partial charge in [-0.1, -0.05) is 17.7 Å². The Balaban J connectivity index is 1.71. The zero-order valence-electron chi connectivity index (χ0n) is 19.8. The Morgan fingerprint density at radius 1 is 1.11 bits per heavy atom. The molecule has 2 aromatic carbocycles. The van der Waals surface area contributed by atoms with Gasteiger partial charge in [0.25, 0.3) is 5.91 Å². The van der Waals surface area contributed by atoms with E-state index in [2.05, 4.69) is 21.4 Å². The van der Waals surface area contributed by atoms with E-state index in [-0.39, 0.29) is 19.1 Å². The minimum atomic E-state index is -0.430. The van der Waals surface area contributed by atoms with Gasteiger partial charge in [-0.3, -0.25) is 14.9 Å². The van der Waals surface area contributed by atoms with E-state index in [9.17, 15) is 9.59 Å².